The summed E-state index contributed by atoms with van der Waals surface area (Å²) in [7, 11) is 0. The largest absolute Gasteiger partial charge is 0.393 e. The zero-order chi connectivity index (χ0) is 20.4. The van der Waals surface area contributed by atoms with Gasteiger partial charge in [0.05, 0.1) is 15.7 Å². The van der Waals surface area contributed by atoms with Crippen molar-refractivity contribution in [3.8, 4) is 0 Å². The number of benzene rings is 3. The van der Waals surface area contributed by atoms with Crippen LogP contribution >= 0.6 is 23.2 Å². The molecule has 0 unspecified atom stereocenters. The average molecular weight is 424 g/mol. The van der Waals surface area contributed by atoms with Crippen molar-refractivity contribution in [3.63, 3.8) is 0 Å². The van der Waals surface area contributed by atoms with Crippen LogP contribution < -0.4 is 16.0 Å². The number of hydrogen-bond acceptors (Lipinski definition) is 5. The molecule has 0 aliphatic rings. The highest BCUT2D eigenvalue weighted by Gasteiger charge is 2.17. The summed E-state index contributed by atoms with van der Waals surface area (Å²) in [5.41, 5.74) is 8.70. The van der Waals surface area contributed by atoms with Gasteiger partial charge in [0.25, 0.3) is 0 Å². The first kappa shape index (κ1) is 19.3. The monoisotopic (exact) mass is 423 g/mol. The van der Waals surface area contributed by atoms with E-state index in [2.05, 4.69) is 51.4 Å². The number of fused-ring (bicyclic) bond motifs is 1. The highest BCUT2D eigenvalue weighted by molar-refractivity contribution is 6.42. The van der Waals surface area contributed by atoms with Gasteiger partial charge in [0.1, 0.15) is 12.0 Å². The molecule has 1 heterocycles. The Bertz CT molecular complexity index is 1170. The summed E-state index contributed by atoms with van der Waals surface area (Å²) < 4.78 is 0. The van der Waals surface area contributed by atoms with Crippen molar-refractivity contribution in [3.05, 3.63) is 77.0 Å². The number of rotatable bonds is 5. The molecule has 0 spiro atoms. The fourth-order valence-electron chi connectivity index (χ4n) is 3.29. The quantitative estimate of drug-likeness (QED) is 0.387. The molecule has 0 bridgehead atoms. The minimum absolute atomic E-state index is 0.452. The van der Waals surface area contributed by atoms with Gasteiger partial charge in [0.2, 0.25) is 0 Å². The summed E-state index contributed by atoms with van der Waals surface area (Å²) in [6.45, 7) is 2.76. The molecular formula is C22H19Cl2N5. The number of nitrogens with one attached hydrogen (secondary N) is 1. The predicted molar refractivity (Wildman–Crippen MR) is 123 cm³/mol. The van der Waals surface area contributed by atoms with Gasteiger partial charge in [-0.15, -0.1) is 0 Å². The average Bonchev–Trinajstić information content (AvgIpc) is 2.74. The molecule has 5 nitrogen and oxygen atoms in total. The van der Waals surface area contributed by atoms with E-state index in [0.29, 0.717) is 33.9 Å². The summed E-state index contributed by atoms with van der Waals surface area (Å²) in [5.74, 6) is 1.15. The fourth-order valence-corrected chi connectivity index (χ4v) is 3.59. The molecule has 0 aliphatic carbocycles. The Morgan fingerprint density at radius 1 is 0.966 bits per heavy atom. The molecule has 0 amide bonds. The van der Waals surface area contributed by atoms with E-state index >= 15 is 0 Å². The third kappa shape index (κ3) is 3.79. The van der Waals surface area contributed by atoms with Crippen molar-refractivity contribution in [2.45, 2.75) is 6.92 Å². The number of anilines is 5. The van der Waals surface area contributed by atoms with Crippen molar-refractivity contribution < 1.29 is 0 Å². The minimum Gasteiger partial charge on any atom is -0.393 e. The maximum atomic E-state index is 6.47. The second-order valence-electron chi connectivity index (χ2n) is 6.46. The van der Waals surface area contributed by atoms with Gasteiger partial charge < -0.3 is 16.0 Å². The van der Waals surface area contributed by atoms with Crippen molar-refractivity contribution in [2.24, 2.45) is 0 Å². The summed E-state index contributed by atoms with van der Waals surface area (Å²) >= 11 is 12.1. The lowest BCUT2D eigenvalue weighted by Crippen LogP contribution is -2.20. The Kier molecular flexibility index (Phi) is 5.43. The van der Waals surface area contributed by atoms with E-state index in [1.54, 1.807) is 12.1 Å². The van der Waals surface area contributed by atoms with E-state index in [4.69, 9.17) is 28.9 Å². The molecule has 3 N–H and O–H groups in total. The van der Waals surface area contributed by atoms with Crippen LogP contribution in [0.1, 0.15) is 6.92 Å². The normalized spacial score (nSPS) is 10.9. The summed E-state index contributed by atoms with van der Waals surface area (Å²) in [6.07, 6.45) is 1.50. The summed E-state index contributed by atoms with van der Waals surface area (Å²) in [5, 5.41) is 6.43. The lowest BCUT2D eigenvalue weighted by molar-refractivity contribution is 0.985. The van der Waals surface area contributed by atoms with Crippen LogP contribution in [-0.4, -0.2) is 16.5 Å². The Morgan fingerprint density at radius 2 is 1.76 bits per heavy atom. The van der Waals surface area contributed by atoms with Gasteiger partial charge in [-0.05, 0) is 36.6 Å². The van der Waals surface area contributed by atoms with Crippen molar-refractivity contribution in [1.82, 2.24) is 9.97 Å². The predicted octanol–water partition coefficient (Wildman–Crippen LogP) is 6.42. The second kappa shape index (κ2) is 8.15. The Morgan fingerprint density at radius 3 is 2.55 bits per heavy atom. The van der Waals surface area contributed by atoms with Gasteiger partial charge in [0, 0.05) is 17.6 Å². The molecule has 29 heavy (non-hydrogen) atoms. The standard InChI is InChI=1S/C22H19Cl2N5/c1-2-29(19-9-5-7-14-6-3-4-8-16(14)19)22-20(25)21(26-13-27-22)28-15-10-11-17(23)18(24)12-15/h3-13H,2,25H2,1H3,(H,26,27,28). The van der Waals surface area contributed by atoms with Crippen LogP contribution in [0.5, 0.6) is 0 Å². The number of halogens is 2. The molecular weight excluding hydrogens is 405 g/mol. The fraction of sp³-hybridized carbons (Fsp3) is 0.0909. The third-order valence-electron chi connectivity index (χ3n) is 4.67. The molecule has 0 fully saturated rings. The van der Waals surface area contributed by atoms with E-state index in [9.17, 15) is 0 Å². The van der Waals surface area contributed by atoms with Gasteiger partial charge in [0.15, 0.2) is 11.6 Å². The van der Waals surface area contributed by atoms with Crippen LogP contribution in [0.15, 0.2) is 67.0 Å². The van der Waals surface area contributed by atoms with Gasteiger partial charge in [-0.3, -0.25) is 0 Å². The smallest absolute Gasteiger partial charge is 0.161 e. The number of nitrogen functional groups attached to an aromatic ring is 1. The van der Waals surface area contributed by atoms with Gasteiger partial charge >= 0.3 is 0 Å². The molecule has 1 aromatic heterocycles. The number of nitrogens with two attached hydrogens (primary N) is 1. The first-order chi connectivity index (χ1) is 14.1. The van der Waals surface area contributed by atoms with Gasteiger partial charge in [-0.25, -0.2) is 9.97 Å². The first-order valence-electron chi connectivity index (χ1n) is 9.16. The summed E-state index contributed by atoms with van der Waals surface area (Å²) in [4.78, 5) is 10.9. The van der Waals surface area contributed by atoms with Crippen LogP contribution in [0.2, 0.25) is 10.0 Å². The van der Waals surface area contributed by atoms with Crippen LogP contribution in [0.25, 0.3) is 10.8 Å². The van der Waals surface area contributed by atoms with Crippen LogP contribution in [0.3, 0.4) is 0 Å². The second-order valence-corrected chi connectivity index (χ2v) is 7.27. The molecule has 4 aromatic rings. The van der Waals surface area contributed by atoms with Gasteiger partial charge in [-0.2, -0.15) is 0 Å². The minimum atomic E-state index is 0.452. The molecule has 7 heteroatoms. The number of hydrogen-bond donors (Lipinski definition) is 2. The van der Waals surface area contributed by atoms with Crippen molar-refractivity contribution in [1.29, 1.82) is 0 Å². The highest BCUT2D eigenvalue weighted by Crippen LogP contribution is 2.36. The zero-order valence-corrected chi connectivity index (χ0v) is 17.2. The molecule has 0 radical (unpaired) electrons. The molecule has 4 rings (SSSR count). The first-order valence-corrected chi connectivity index (χ1v) is 9.92. The maximum Gasteiger partial charge on any atom is 0.161 e. The zero-order valence-electron chi connectivity index (χ0n) is 15.7. The van der Waals surface area contributed by atoms with Crippen molar-refractivity contribution in [2.75, 3.05) is 22.5 Å². The van der Waals surface area contributed by atoms with Crippen molar-refractivity contribution >= 4 is 62.7 Å². The van der Waals surface area contributed by atoms with E-state index < -0.39 is 0 Å². The Hall–Kier alpha value is -3.02. The topological polar surface area (TPSA) is 67.1 Å². The van der Waals surface area contributed by atoms with E-state index in [1.807, 2.05) is 24.3 Å². The lowest BCUT2D eigenvalue weighted by atomic mass is 10.1. The summed E-state index contributed by atoms with van der Waals surface area (Å²) in [6, 6.07) is 19.7. The maximum absolute atomic E-state index is 6.47. The van der Waals surface area contributed by atoms with E-state index in [1.165, 1.54) is 6.33 Å². The molecule has 0 saturated carbocycles. The number of nitrogens with zero attached hydrogens (tertiary/aromatic N) is 3. The Balaban J connectivity index is 1.75. The third-order valence-corrected chi connectivity index (χ3v) is 5.41. The highest BCUT2D eigenvalue weighted by atomic mass is 35.5. The molecule has 3 aromatic carbocycles. The van der Waals surface area contributed by atoms with Gasteiger partial charge in [-0.1, -0.05) is 59.6 Å². The Labute approximate surface area is 179 Å². The lowest BCUT2D eigenvalue weighted by Gasteiger charge is -2.25. The molecule has 0 saturated heterocycles. The van der Waals surface area contributed by atoms with E-state index in [-0.39, 0.29) is 0 Å². The molecule has 0 aliphatic heterocycles. The van der Waals surface area contributed by atoms with Crippen LogP contribution in [0.4, 0.5) is 28.7 Å². The van der Waals surface area contributed by atoms with E-state index in [0.717, 1.165) is 22.1 Å². The number of aromatic nitrogens is 2. The van der Waals surface area contributed by atoms with Crippen LogP contribution in [0, 0.1) is 0 Å². The van der Waals surface area contributed by atoms with Crippen LogP contribution in [-0.2, 0) is 0 Å². The molecule has 146 valence electrons. The SMILES string of the molecule is CCN(c1ncnc(Nc2ccc(Cl)c(Cl)c2)c1N)c1cccc2ccccc12. The molecule has 0 atom stereocenters.